The molecule has 1 amide bonds. The number of carbonyl (C=O) groups excluding carboxylic acids is 2. The van der Waals surface area contributed by atoms with Gasteiger partial charge in [0.05, 0.1) is 0 Å². The molecule has 2 aromatic heterocycles. The molecule has 0 aliphatic carbocycles. The van der Waals surface area contributed by atoms with Crippen LogP contribution in [0.1, 0.15) is 36.6 Å². The minimum Gasteiger partial charge on any atom is -0.450 e. The Labute approximate surface area is 139 Å². The van der Waals surface area contributed by atoms with Gasteiger partial charge in [-0.1, -0.05) is 13.8 Å². The maximum Gasteiger partial charge on any atom is 0.378 e. The van der Waals surface area contributed by atoms with E-state index < -0.39 is 5.97 Å². The van der Waals surface area contributed by atoms with Gasteiger partial charge in [-0.05, 0) is 31.2 Å². The minimum absolute atomic E-state index is 0.0926. The second-order valence-electron chi connectivity index (χ2n) is 6.55. The van der Waals surface area contributed by atoms with Gasteiger partial charge < -0.3 is 9.64 Å². The van der Waals surface area contributed by atoms with Crippen LogP contribution in [-0.4, -0.2) is 56.1 Å². The number of aromatic nitrogens is 4. The third-order valence-corrected chi connectivity index (χ3v) is 4.16. The SMILES string of the molecule is Cc1ccnc2nc(C(=O)OCC(=O)N3C[C@@H](C)C[C@H](C)C3)nn12. The van der Waals surface area contributed by atoms with Crippen LogP contribution in [0.15, 0.2) is 12.3 Å². The first-order valence-corrected chi connectivity index (χ1v) is 8.07. The summed E-state index contributed by atoms with van der Waals surface area (Å²) in [6.45, 7) is 7.20. The number of aryl methyl sites for hydroxylation is 1. The first-order chi connectivity index (χ1) is 11.4. The zero-order valence-electron chi connectivity index (χ0n) is 14.1. The highest BCUT2D eigenvalue weighted by Gasteiger charge is 2.26. The fraction of sp³-hybridized carbons (Fsp3) is 0.562. The summed E-state index contributed by atoms with van der Waals surface area (Å²) >= 11 is 0. The van der Waals surface area contributed by atoms with E-state index in [0.29, 0.717) is 30.7 Å². The maximum atomic E-state index is 12.2. The van der Waals surface area contributed by atoms with Crippen LogP contribution in [-0.2, 0) is 9.53 Å². The average Bonchev–Trinajstić information content (AvgIpc) is 2.97. The Bertz CT molecular complexity index is 762. The summed E-state index contributed by atoms with van der Waals surface area (Å²) in [5.41, 5.74) is 0.805. The van der Waals surface area contributed by atoms with E-state index >= 15 is 0 Å². The lowest BCUT2D eigenvalue weighted by Crippen LogP contribution is -2.44. The van der Waals surface area contributed by atoms with Crippen LogP contribution in [0.5, 0.6) is 0 Å². The Morgan fingerprint density at radius 2 is 2.00 bits per heavy atom. The molecule has 1 aliphatic rings. The number of carbonyl (C=O) groups is 2. The van der Waals surface area contributed by atoms with Gasteiger partial charge in [0, 0.05) is 25.0 Å². The largest absolute Gasteiger partial charge is 0.450 e. The van der Waals surface area contributed by atoms with Gasteiger partial charge in [0.1, 0.15) is 0 Å². The van der Waals surface area contributed by atoms with E-state index in [-0.39, 0.29) is 18.3 Å². The molecular weight excluding hydrogens is 310 g/mol. The van der Waals surface area contributed by atoms with Crippen LogP contribution in [0.2, 0.25) is 0 Å². The molecule has 1 fully saturated rings. The predicted octanol–water partition coefficient (Wildman–Crippen LogP) is 1.09. The Morgan fingerprint density at radius 1 is 1.29 bits per heavy atom. The van der Waals surface area contributed by atoms with Crippen LogP contribution >= 0.6 is 0 Å². The van der Waals surface area contributed by atoms with E-state index in [0.717, 1.165) is 12.1 Å². The molecule has 0 unspecified atom stereocenters. The van der Waals surface area contributed by atoms with Gasteiger partial charge in [0.2, 0.25) is 0 Å². The molecule has 3 rings (SSSR count). The number of ether oxygens (including phenoxy) is 1. The summed E-state index contributed by atoms with van der Waals surface area (Å²) in [7, 11) is 0. The molecule has 0 N–H and O–H groups in total. The van der Waals surface area contributed by atoms with Crippen molar-refractivity contribution in [2.45, 2.75) is 27.2 Å². The van der Waals surface area contributed by atoms with Gasteiger partial charge in [0.25, 0.3) is 17.5 Å². The van der Waals surface area contributed by atoms with Crippen molar-refractivity contribution in [2.24, 2.45) is 11.8 Å². The Balaban J connectivity index is 1.62. The van der Waals surface area contributed by atoms with Crippen molar-refractivity contribution in [3.8, 4) is 0 Å². The van der Waals surface area contributed by atoms with Crippen molar-refractivity contribution >= 4 is 17.7 Å². The quantitative estimate of drug-likeness (QED) is 0.782. The van der Waals surface area contributed by atoms with Gasteiger partial charge in [0.15, 0.2) is 6.61 Å². The number of nitrogens with zero attached hydrogens (tertiary/aromatic N) is 5. The second-order valence-corrected chi connectivity index (χ2v) is 6.55. The molecule has 0 bridgehead atoms. The zero-order chi connectivity index (χ0) is 17.3. The van der Waals surface area contributed by atoms with Crippen LogP contribution in [0.3, 0.4) is 0 Å². The fourth-order valence-corrected chi connectivity index (χ4v) is 3.14. The standard InChI is InChI=1S/C16H21N5O3/c1-10-6-11(2)8-20(7-10)13(22)9-24-15(23)14-18-16-17-5-4-12(3)21(16)19-14/h4-5,10-11H,6-9H2,1-3H3/t10-,11-/m0/s1. The molecule has 3 heterocycles. The van der Waals surface area contributed by atoms with E-state index in [9.17, 15) is 9.59 Å². The molecule has 128 valence electrons. The molecule has 0 radical (unpaired) electrons. The molecule has 2 aromatic rings. The van der Waals surface area contributed by atoms with Crippen LogP contribution in [0.25, 0.3) is 5.78 Å². The fourth-order valence-electron chi connectivity index (χ4n) is 3.14. The molecule has 0 saturated carbocycles. The monoisotopic (exact) mass is 331 g/mol. The predicted molar refractivity (Wildman–Crippen MR) is 85.3 cm³/mol. The number of piperidine rings is 1. The number of amides is 1. The van der Waals surface area contributed by atoms with Crippen molar-refractivity contribution in [1.82, 2.24) is 24.5 Å². The van der Waals surface area contributed by atoms with Crippen LogP contribution in [0.4, 0.5) is 0 Å². The molecule has 8 heteroatoms. The van der Waals surface area contributed by atoms with E-state index in [4.69, 9.17) is 4.74 Å². The van der Waals surface area contributed by atoms with Crippen molar-refractivity contribution in [3.05, 3.63) is 23.8 Å². The van der Waals surface area contributed by atoms with Crippen molar-refractivity contribution in [3.63, 3.8) is 0 Å². The van der Waals surface area contributed by atoms with Crippen LogP contribution in [0, 0.1) is 18.8 Å². The highest BCUT2D eigenvalue weighted by Crippen LogP contribution is 2.20. The van der Waals surface area contributed by atoms with E-state index in [2.05, 4.69) is 28.9 Å². The molecule has 0 spiro atoms. The van der Waals surface area contributed by atoms with E-state index in [1.807, 2.05) is 6.92 Å². The van der Waals surface area contributed by atoms with Gasteiger partial charge in [-0.15, -0.1) is 5.10 Å². The number of hydrogen-bond acceptors (Lipinski definition) is 6. The summed E-state index contributed by atoms with van der Waals surface area (Å²) in [6, 6.07) is 1.76. The van der Waals surface area contributed by atoms with Gasteiger partial charge >= 0.3 is 5.97 Å². The lowest BCUT2D eigenvalue weighted by Gasteiger charge is -2.34. The number of esters is 1. The first kappa shape index (κ1) is 16.4. The first-order valence-electron chi connectivity index (χ1n) is 8.07. The highest BCUT2D eigenvalue weighted by molar-refractivity contribution is 5.88. The summed E-state index contributed by atoms with van der Waals surface area (Å²) in [6.07, 6.45) is 2.71. The molecule has 0 aromatic carbocycles. The lowest BCUT2D eigenvalue weighted by atomic mass is 9.92. The third kappa shape index (κ3) is 3.37. The minimum atomic E-state index is -0.716. The highest BCUT2D eigenvalue weighted by atomic mass is 16.5. The van der Waals surface area contributed by atoms with Gasteiger partial charge in [-0.3, -0.25) is 4.79 Å². The summed E-state index contributed by atoms with van der Waals surface area (Å²) < 4.78 is 6.55. The topological polar surface area (TPSA) is 89.7 Å². The van der Waals surface area contributed by atoms with Crippen molar-refractivity contribution < 1.29 is 14.3 Å². The molecular formula is C16H21N5O3. The van der Waals surface area contributed by atoms with E-state index in [1.165, 1.54) is 4.52 Å². The molecule has 1 aliphatic heterocycles. The summed E-state index contributed by atoms with van der Waals surface area (Å²) in [5, 5.41) is 4.07. The number of fused-ring (bicyclic) bond motifs is 1. The normalized spacial score (nSPS) is 21.0. The second kappa shape index (κ2) is 6.54. The average molecular weight is 331 g/mol. The molecule has 24 heavy (non-hydrogen) atoms. The van der Waals surface area contributed by atoms with E-state index in [1.54, 1.807) is 17.2 Å². The summed E-state index contributed by atoms with van der Waals surface area (Å²) in [5.74, 6) is 0.258. The number of rotatable bonds is 3. The van der Waals surface area contributed by atoms with Crippen molar-refractivity contribution in [1.29, 1.82) is 0 Å². The van der Waals surface area contributed by atoms with Gasteiger partial charge in [-0.2, -0.15) is 4.98 Å². The lowest BCUT2D eigenvalue weighted by molar-refractivity contribution is -0.137. The van der Waals surface area contributed by atoms with Crippen molar-refractivity contribution in [2.75, 3.05) is 19.7 Å². The number of hydrogen-bond donors (Lipinski definition) is 0. The number of likely N-dealkylation sites (tertiary alicyclic amines) is 1. The summed E-state index contributed by atoms with van der Waals surface area (Å²) in [4.78, 5) is 34.1. The molecule has 1 saturated heterocycles. The Hall–Kier alpha value is -2.51. The molecule has 8 nitrogen and oxygen atoms in total. The maximum absolute atomic E-state index is 12.2. The Kier molecular flexibility index (Phi) is 4.46. The van der Waals surface area contributed by atoms with Crippen LogP contribution < -0.4 is 0 Å². The Morgan fingerprint density at radius 3 is 2.67 bits per heavy atom. The smallest absolute Gasteiger partial charge is 0.378 e. The van der Waals surface area contributed by atoms with Gasteiger partial charge in [-0.25, -0.2) is 14.3 Å². The molecule has 2 atom stereocenters. The third-order valence-electron chi connectivity index (χ3n) is 4.16. The zero-order valence-corrected chi connectivity index (χ0v) is 14.1.